The molecule has 1 rings (SSSR count). The van der Waals surface area contributed by atoms with Crippen molar-refractivity contribution < 1.29 is 24.2 Å². The molecule has 102 valence electrons. The fourth-order valence-corrected chi connectivity index (χ4v) is 1.51. The molecule has 1 aliphatic heterocycles. The zero-order chi connectivity index (χ0) is 13.8. The molecule has 6 heteroatoms. The van der Waals surface area contributed by atoms with Crippen LogP contribution in [0.2, 0.25) is 0 Å². The SMILES string of the molecule is CC(C)(C)OC(=O)[C@]1(C=CC(=O)O)CNCCO1. The summed E-state index contributed by atoms with van der Waals surface area (Å²) in [4.78, 5) is 22.7. The highest BCUT2D eigenvalue weighted by molar-refractivity contribution is 5.86. The Kier molecular flexibility index (Phi) is 4.48. The minimum Gasteiger partial charge on any atom is -0.478 e. The topological polar surface area (TPSA) is 84.9 Å². The van der Waals surface area contributed by atoms with Crippen LogP contribution in [0.25, 0.3) is 0 Å². The van der Waals surface area contributed by atoms with Crippen molar-refractivity contribution in [2.45, 2.75) is 32.0 Å². The van der Waals surface area contributed by atoms with E-state index in [1.807, 2.05) is 0 Å². The average molecular weight is 257 g/mol. The van der Waals surface area contributed by atoms with Crippen LogP contribution in [0.3, 0.4) is 0 Å². The van der Waals surface area contributed by atoms with Gasteiger partial charge in [0.25, 0.3) is 0 Å². The Labute approximate surface area is 106 Å². The Bertz CT molecular complexity index is 350. The van der Waals surface area contributed by atoms with E-state index in [1.165, 1.54) is 6.08 Å². The zero-order valence-corrected chi connectivity index (χ0v) is 10.9. The van der Waals surface area contributed by atoms with E-state index in [9.17, 15) is 9.59 Å². The number of carboxylic acid groups (broad SMARTS) is 1. The number of carbonyl (C=O) groups excluding carboxylic acids is 1. The van der Waals surface area contributed by atoms with Gasteiger partial charge in [-0.05, 0) is 26.8 Å². The maximum atomic E-state index is 12.1. The maximum absolute atomic E-state index is 12.1. The summed E-state index contributed by atoms with van der Waals surface area (Å²) in [5.74, 6) is -1.72. The summed E-state index contributed by atoms with van der Waals surface area (Å²) in [5.41, 5.74) is -2.01. The highest BCUT2D eigenvalue weighted by Crippen LogP contribution is 2.21. The van der Waals surface area contributed by atoms with Crippen LogP contribution in [0, 0.1) is 0 Å². The lowest BCUT2D eigenvalue weighted by molar-refractivity contribution is -0.179. The van der Waals surface area contributed by atoms with Crippen molar-refractivity contribution in [3.63, 3.8) is 0 Å². The predicted octanol–water partition coefficient (Wildman–Crippen LogP) is 0.327. The molecule has 18 heavy (non-hydrogen) atoms. The van der Waals surface area contributed by atoms with Gasteiger partial charge in [-0.25, -0.2) is 9.59 Å². The van der Waals surface area contributed by atoms with Gasteiger partial charge < -0.3 is 19.9 Å². The van der Waals surface area contributed by atoms with Crippen molar-refractivity contribution >= 4 is 11.9 Å². The monoisotopic (exact) mass is 257 g/mol. The van der Waals surface area contributed by atoms with Gasteiger partial charge in [0.2, 0.25) is 0 Å². The van der Waals surface area contributed by atoms with Gasteiger partial charge in [0.05, 0.1) is 6.61 Å². The minimum atomic E-state index is -1.36. The van der Waals surface area contributed by atoms with Crippen molar-refractivity contribution in [1.82, 2.24) is 5.32 Å². The first-order valence-electron chi connectivity index (χ1n) is 5.75. The molecule has 0 amide bonds. The van der Waals surface area contributed by atoms with Crippen LogP contribution in [0.15, 0.2) is 12.2 Å². The van der Waals surface area contributed by atoms with Crippen LogP contribution in [0.5, 0.6) is 0 Å². The molecular weight excluding hydrogens is 238 g/mol. The van der Waals surface area contributed by atoms with Crippen LogP contribution >= 0.6 is 0 Å². The first-order valence-corrected chi connectivity index (χ1v) is 5.75. The number of carboxylic acids is 1. The fourth-order valence-electron chi connectivity index (χ4n) is 1.51. The molecule has 1 aliphatic rings. The minimum absolute atomic E-state index is 0.200. The van der Waals surface area contributed by atoms with Crippen LogP contribution in [-0.4, -0.2) is 47.9 Å². The van der Waals surface area contributed by atoms with E-state index in [1.54, 1.807) is 20.8 Å². The molecule has 0 unspecified atom stereocenters. The first-order chi connectivity index (χ1) is 8.25. The van der Waals surface area contributed by atoms with Crippen molar-refractivity contribution in [2.24, 2.45) is 0 Å². The average Bonchev–Trinajstić information content (AvgIpc) is 2.25. The molecule has 0 aromatic heterocycles. The molecule has 0 aromatic rings. The molecule has 6 nitrogen and oxygen atoms in total. The number of ether oxygens (including phenoxy) is 2. The number of esters is 1. The number of hydrogen-bond acceptors (Lipinski definition) is 5. The fraction of sp³-hybridized carbons (Fsp3) is 0.667. The van der Waals surface area contributed by atoms with Gasteiger partial charge in [0, 0.05) is 19.2 Å². The molecule has 0 spiro atoms. The summed E-state index contributed by atoms with van der Waals surface area (Å²) >= 11 is 0. The molecule has 2 N–H and O–H groups in total. The Morgan fingerprint density at radius 3 is 2.56 bits per heavy atom. The molecule has 0 bridgehead atoms. The number of nitrogens with one attached hydrogen (secondary N) is 1. The standard InChI is InChI=1S/C12H19NO5/c1-11(2,3)18-10(16)12(5-4-9(14)15)8-13-6-7-17-12/h4-5,13H,6-8H2,1-3H3,(H,14,15)/t12-/m0/s1. The van der Waals surface area contributed by atoms with E-state index in [2.05, 4.69) is 5.32 Å². The van der Waals surface area contributed by atoms with Crippen molar-refractivity contribution in [1.29, 1.82) is 0 Å². The van der Waals surface area contributed by atoms with Gasteiger partial charge in [0.15, 0.2) is 5.60 Å². The molecule has 1 fully saturated rings. The lowest BCUT2D eigenvalue weighted by atomic mass is 10.0. The summed E-state index contributed by atoms with van der Waals surface area (Å²) in [6.45, 7) is 6.38. The number of hydrogen-bond donors (Lipinski definition) is 2. The number of aliphatic carboxylic acids is 1. The molecule has 0 radical (unpaired) electrons. The molecular formula is C12H19NO5. The second-order valence-corrected chi connectivity index (χ2v) is 5.09. The van der Waals surface area contributed by atoms with Crippen LogP contribution < -0.4 is 5.32 Å². The largest absolute Gasteiger partial charge is 0.478 e. The van der Waals surface area contributed by atoms with Crippen LogP contribution in [-0.2, 0) is 19.1 Å². The maximum Gasteiger partial charge on any atom is 0.344 e. The summed E-state index contributed by atoms with van der Waals surface area (Å²) in [5, 5.41) is 11.7. The van der Waals surface area contributed by atoms with Crippen molar-refractivity contribution in [2.75, 3.05) is 19.7 Å². The molecule has 1 saturated heterocycles. The van der Waals surface area contributed by atoms with E-state index in [0.29, 0.717) is 13.2 Å². The van der Waals surface area contributed by atoms with Crippen LogP contribution in [0.1, 0.15) is 20.8 Å². The second-order valence-electron chi connectivity index (χ2n) is 5.09. The smallest absolute Gasteiger partial charge is 0.344 e. The quantitative estimate of drug-likeness (QED) is 0.560. The van der Waals surface area contributed by atoms with Gasteiger partial charge in [-0.2, -0.15) is 0 Å². The first kappa shape index (κ1) is 14.7. The second kappa shape index (κ2) is 5.49. The van der Waals surface area contributed by atoms with Gasteiger partial charge in [-0.15, -0.1) is 0 Å². The number of carbonyl (C=O) groups is 2. The van der Waals surface area contributed by atoms with Gasteiger partial charge in [-0.1, -0.05) is 0 Å². The summed E-state index contributed by atoms with van der Waals surface area (Å²) in [6, 6.07) is 0. The molecule has 0 aliphatic carbocycles. The molecule has 0 aromatic carbocycles. The molecule has 1 heterocycles. The van der Waals surface area contributed by atoms with E-state index in [-0.39, 0.29) is 6.54 Å². The van der Waals surface area contributed by atoms with Crippen molar-refractivity contribution in [3.05, 3.63) is 12.2 Å². The van der Waals surface area contributed by atoms with E-state index < -0.39 is 23.1 Å². The highest BCUT2D eigenvalue weighted by atomic mass is 16.6. The summed E-state index contributed by atoms with van der Waals surface area (Å²) in [6.07, 6.45) is 2.13. The van der Waals surface area contributed by atoms with Gasteiger partial charge in [-0.3, -0.25) is 0 Å². The van der Waals surface area contributed by atoms with Gasteiger partial charge in [0.1, 0.15) is 5.60 Å². The lowest BCUT2D eigenvalue weighted by Crippen LogP contribution is -2.55. The third-order valence-corrected chi connectivity index (χ3v) is 2.27. The normalized spacial score (nSPS) is 25.1. The Hall–Kier alpha value is -1.40. The highest BCUT2D eigenvalue weighted by Gasteiger charge is 2.42. The predicted molar refractivity (Wildman–Crippen MR) is 64.2 cm³/mol. The Balaban J connectivity index is 2.89. The molecule has 0 saturated carbocycles. The summed E-state index contributed by atoms with van der Waals surface area (Å²) < 4.78 is 10.7. The van der Waals surface area contributed by atoms with Crippen LogP contribution in [0.4, 0.5) is 0 Å². The van der Waals surface area contributed by atoms with Gasteiger partial charge >= 0.3 is 11.9 Å². The third-order valence-electron chi connectivity index (χ3n) is 2.27. The van der Waals surface area contributed by atoms with E-state index >= 15 is 0 Å². The third kappa shape index (κ3) is 4.12. The lowest BCUT2D eigenvalue weighted by Gasteiger charge is -2.35. The van der Waals surface area contributed by atoms with Crippen molar-refractivity contribution in [3.8, 4) is 0 Å². The number of rotatable bonds is 3. The Morgan fingerprint density at radius 1 is 1.44 bits per heavy atom. The molecule has 1 atom stereocenters. The van der Waals surface area contributed by atoms with E-state index in [4.69, 9.17) is 14.6 Å². The Morgan fingerprint density at radius 2 is 2.11 bits per heavy atom. The summed E-state index contributed by atoms with van der Waals surface area (Å²) in [7, 11) is 0. The van der Waals surface area contributed by atoms with E-state index in [0.717, 1.165) is 6.08 Å². The zero-order valence-electron chi connectivity index (χ0n) is 10.9. The number of morpholine rings is 1.